The summed E-state index contributed by atoms with van der Waals surface area (Å²) in [6.45, 7) is 1.92. The first-order valence-corrected chi connectivity index (χ1v) is 8.70. The van der Waals surface area contributed by atoms with Crippen LogP contribution in [0.4, 0.5) is 5.69 Å². The summed E-state index contributed by atoms with van der Waals surface area (Å²) in [5.41, 5.74) is 7.62. The van der Waals surface area contributed by atoms with Crippen LogP contribution in [0.2, 0.25) is 0 Å². The van der Waals surface area contributed by atoms with Crippen LogP contribution in [-0.4, -0.2) is 25.2 Å². The average Bonchev–Trinajstić information content (AvgIpc) is 2.54. The Kier molecular flexibility index (Phi) is 5.35. The van der Waals surface area contributed by atoms with Gasteiger partial charge in [-0.05, 0) is 37.3 Å². The minimum atomic E-state index is -3.79. The summed E-state index contributed by atoms with van der Waals surface area (Å²) < 4.78 is 22.6. The smallest absolute Gasteiger partial charge is 0.351 e. The summed E-state index contributed by atoms with van der Waals surface area (Å²) in [6, 6.07) is 12.9. The van der Waals surface area contributed by atoms with Crippen molar-refractivity contribution < 1.29 is 18.3 Å². The number of sulfonamides is 1. The molecule has 0 amide bonds. The Labute approximate surface area is 145 Å². The Morgan fingerprint density at radius 3 is 2.12 bits per heavy atom. The highest BCUT2D eigenvalue weighted by atomic mass is 32.2. The second-order valence-electron chi connectivity index (χ2n) is 5.31. The molecule has 0 heterocycles. The van der Waals surface area contributed by atoms with Crippen molar-refractivity contribution in [2.75, 3.05) is 0 Å². The molecule has 2 aromatic rings. The average molecular weight is 359 g/mol. The van der Waals surface area contributed by atoms with E-state index < -0.39 is 16.0 Å². The molecule has 0 saturated carbocycles. The van der Waals surface area contributed by atoms with Gasteiger partial charge in [-0.1, -0.05) is 29.8 Å². The van der Waals surface area contributed by atoms with E-state index in [1.165, 1.54) is 30.3 Å². The van der Waals surface area contributed by atoms with Crippen LogP contribution in [0.15, 0.2) is 70.2 Å². The van der Waals surface area contributed by atoms with Gasteiger partial charge in [0.1, 0.15) is 5.70 Å². The van der Waals surface area contributed by atoms with Crippen LogP contribution >= 0.6 is 0 Å². The third-order valence-electron chi connectivity index (χ3n) is 3.30. The molecule has 8 heteroatoms. The van der Waals surface area contributed by atoms with Gasteiger partial charge in [0.25, 0.3) is 0 Å². The summed E-state index contributed by atoms with van der Waals surface area (Å²) in [7, 11) is -3.79. The number of nitrogens with two attached hydrogens (primary N) is 2. The van der Waals surface area contributed by atoms with E-state index in [9.17, 15) is 13.2 Å². The molecule has 0 aliphatic rings. The normalized spacial score (nSPS) is 12.9. The molecule has 0 fully saturated rings. The van der Waals surface area contributed by atoms with Gasteiger partial charge in [0.05, 0.1) is 16.3 Å². The van der Waals surface area contributed by atoms with E-state index in [1.54, 1.807) is 12.1 Å². The number of benzene rings is 2. The van der Waals surface area contributed by atoms with Gasteiger partial charge in [-0.25, -0.2) is 23.3 Å². The largest absolute Gasteiger partial charge is 0.477 e. The van der Waals surface area contributed by atoms with E-state index in [-0.39, 0.29) is 10.6 Å². The Balaban J connectivity index is 2.51. The topological polar surface area (TPSA) is 136 Å². The van der Waals surface area contributed by atoms with Gasteiger partial charge in [-0.2, -0.15) is 0 Å². The van der Waals surface area contributed by atoms with Gasteiger partial charge in [0, 0.05) is 5.56 Å². The number of primary sulfonamides is 1. The standard InChI is InChI=1S/C17H17N3O4S/c1-11-2-4-12(5-3-11)16(10-15(18)17(21)22)20-13-6-8-14(9-7-13)25(19,23)24/h2-10H,18H2,1H3,(H,21,22)(H2,19,23,24). The van der Waals surface area contributed by atoms with Crippen molar-refractivity contribution in [2.45, 2.75) is 11.8 Å². The number of carbonyl (C=O) groups is 1. The van der Waals surface area contributed by atoms with Crippen molar-refractivity contribution in [1.82, 2.24) is 0 Å². The number of allylic oxidation sites excluding steroid dienone is 1. The Morgan fingerprint density at radius 2 is 1.64 bits per heavy atom. The number of aliphatic carboxylic acids is 1. The molecule has 0 saturated heterocycles. The maximum Gasteiger partial charge on any atom is 0.351 e. The zero-order valence-corrected chi connectivity index (χ0v) is 14.2. The van der Waals surface area contributed by atoms with Crippen LogP contribution in [0, 0.1) is 6.92 Å². The zero-order chi connectivity index (χ0) is 18.6. The zero-order valence-electron chi connectivity index (χ0n) is 13.4. The summed E-state index contributed by atoms with van der Waals surface area (Å²) in [5.74, 6) is -1.26. The number of aliphatic imine (C=N–C) groups is 1. The molecule has 2 rings (SSSR count). The minimum Gasteiger partial charge on any atom is -0.477 e. The van der Waals surface area contributed by atoms with Gasteiger partial charge in [0.2, 0.25) is 10.0 Å². The Bertz CT molecular complexity index is 944. The van der Waals surface area contributed by atoms with E-state index in [4.69, 9.17) is 16.0 Å². The first kappa shape index (κ1) is 18.4. The number of hydrogen-bond donors (Lipinski definition) is 3. The number of nitrogens with zero attached hydrogens (tertiary/aromatic N) is 1. The first-order valence-electron chi connectivity index (χ1n) is 7.16. The van der Waals surface area contributed by atoms with Gasteiger partial charge in [-0.3, -0.25) is 0 Å². The quantitative estimate of drug-likeness (QED) is 0.551. The van der Waals surface area contributed by atoms with Gasteiger partial charge >= 0.3 is 5.97 Å². The molecular formula is C17H17N3O4S. The fourth-order valence-electron chi connectivity index (χ4n) is 1.96. The number of aryl methyl sites for hydroxylation is 1. The van der Waals surface area contributed by atoms with Crippen molar-refractivity contribution in [2.24, 2.45) is 15.9 Å². The lowest BCUT2D eigenvalue weighted by molar-refractivity contribution is -0.132. The second kappa shape index (κ2) is 7.29. The lowest BCUT2D eigenvalue weighted by atomic mass is 10.1. The third kappa shape index (κ3) is 5.00. The van der Waals surface area contributed by atoms with Crippen LogP contribution < -0.4 is 10.9 Å². The minimum absolute atomic E-state index is 0.0380. The van der Waals surface area contributed by atoms with Crippen LogP contribution in [0.25, 0.3) is 0 Å². The predicted octanol–water partition coefficient (Wildman–Crippen LogP) is 1.69. The fourth-order valence-corrected chi connectivity index (χ4v) is 2.48. The molecule has 5 N–H and O–H groups in total. The molecule has 2 aromatic carbocycles. The van der Waals surface area contributed by atoms with E-state index in [2.05, 4.69) is 4.99 Å². The van der Waals surface area contributed by atoms with Crippen molar-refractivity contribution in [1.29, 1.82) is 0 Å². The monoisotopic (exact) mass is 359 g/mol. The van der Waals surface area contributed by atoms with E-state index in [0.29, 0.717) is 17.0 Å². The van der Waals surface area contributed by atoms with Crippen molar-refractivity contribution in [3.63, 3.8) is 0 Å². The lowest BCUT2D eigenvalue weighted by Crippen LogP contribution is -2.13. The molecule has 0 unspecified atom stereocenters. The number of rotatable bonds is 5. The molecule has 0 aromatic heterocycles. The highest BCUT2D eigenvalue weighted by Gasteiger charge is 2.09. The summed E-state index contributed by atoms with van der Waals surface area (Å²) >= 11 is 0. The third-order valence-corrected chi connectivity index (χ3v) is 4.23. The number of carboxylic acid groups (broad SMARTS) is 1. The molecule has 130 valence electrons. The van der Waals surface area contributed by atoms with E-state index in [0.717, 1.165) is 5.56 Å². The maximum absolute atomic E-state index is 11.3. The Hall–Kier alpha value is -2.97. The molecule has 0 bridgehead atoms. The van der Waals surface area contributed by atoms with E-state index in [1.807, 2.05) is 19.1 Å². The summed E-state index contributed by atoms with van der Waals surface area (Å²) in [4.78, 5) is 15.3. The summed E-state index contributed by atoms with van der Waals surface area (Å²) in [6.07, 6.45) is 1.25. The second-order valence-corrected chi connectivity index (χ2v) is 6.87. The molecule has 0 atom stereocenters. The molecule has 7 nitrogen and oxygen atoms in total. The van der Waals surface area contributed by atoms with Crippen LogP contribution in [0.5, 0.6) is 0 Å². The van der Waals surface area contributed by atoms with Crippen molar-refractivity contribution in [3.8, 4) is 0 Å². The van der Waals surface area contributed by atoms with Crippen molar-refractivity contribution in [3.05, 3.63) is 71.4 Å². The first-order chi connectivity index (χ1) is 11.7. The maximum atomic E-state index is 11.3. The molecular weight excluding hydrogens is 342 g/mol. The molecule has 0 radical (unpaired) electrons. The number of hydrogen-bond acceptors (Lipinski definition) is 5. The van der Waals surface area contributed by atoms with Gasteiger partial charge < -0.3 is 10.8 Å². The highest BCUT2D eigenvalue weighted by molar-refractivity contribution is 7.89. The van der Waals surface area contributed by atoms with Crippen LogP contribution in [0.3, 0.4) is 0 Å². The van der Waals surface area contributed by atoms with Crippen LogP contribution in [0.1, 0.15) is 11.1 Å². The van der Waals surface area contributed by atoms with Crippen molar-refractivity contribution >= 4 is 27.4 Å². The number of carboxylic acids is 1. The summed E-state index contributed by atoms with van der Waals surface area (Å²) in [5, 5.41) is 14.0. The molecule has 25 heavy (non-hydrogen) atoms. The fraction of sp³-hybridized carbons (Fsp3) is 0.0588. The van der Waals surface area contributed by atoms with Gasteiger partial charge in [-0.15, -0.1) is 0 Å². The SMILES string of the molecule is Cc1ccc(C(C=C(N)C(=O)O)=Nc2ccc(S(N)(=O)=O)cc2)cc1. The van der Waals surface area contributed by atoms with Gasteiger partial charge in [0.15, 0.2) is 0 Å². The van der Waals surface area contributed by atoms with Crippen LogP contribution in [-0.2, 0) is 14.8 Å². The molecule has 0 aliphatic heterocycles. The lowest BCUT2D eigenvalue weighted by Gasteiger charge is -2.05. The molecule has 0 aliphatic carbocycles. The molecule has 0 spiro atoms. The highest BCUT2D eigenvalue weighted by Crippen LogP contribution is 2.18. The predicted molar refractivity (Wildman–Crippen MR) is 95.1 cm³/mol. The van der Waals surface area contributed by atoms with E-state index >= 15 is 0 Å². The Morgan fingerprint density at radius 1 is 1.08 bits per heavy atom.